The number of halogens is 3. The molecule has 0 saturated carbocycles. The van der Waals surface area contributed by atoms with Gasteiger partial charge in [-0.2, -0.15) is 13.2 Å². The van der Waals surface area contributed by atoms with Gasteiger partial charge in [-0.1, -0.05) is 6.07 Å². The molecule has 116 valence electrons. The Labute approximate surface area is 124 Å². The van der Waals surface area contributed by atoms with Crippen molar-refractivity contribution in [2.75, 3.05) is 12.3 Å². The lowest BCUT2D eigenvalue weighted by molar-refractivity contribution is -0.201. The Kier molecular flexibility index (Phi) is 5.16. The zero-order valence-electron chi connectivity index (χ0n) is 11.2. The summed E-state index contributed by atoms with van der Waals surface area (Å²) in [5.74, 6) is -0.493. The van der Waals surface area contributed by atoms with Gasteiger partial charge in [0.25, 0.3) is 0 Å². The number of aliphatic hydroxyl groups excluding tert-OH is 1. The molecule has 0 fully saturated rings. The lowest BCUT2D eigenvalue weighted by Gasteiger charge is -2.14. The number of amides is 1. The smallest absolute Gasteiger partial charge is 0.382 e. The van der Waals surface area contributed by atoms with E-state index in [0.717, 1.165) is 24.2 Å². The molecule has 0 aromatic heterocycles. The molecular weight excluding hydrogens is 303 g/mol. The van der Waals surface area contributed by atoms with E-state index in [2.05, 4.69) is 5.32 Å². The number of aryl methyl sites for hydroxylation is 2. The van der Waals surface area contributed by atoms with Gasteiger partial charge >= 0.3 is 6.18 Å². The van der Waals surface area contributed by atoms with Gasteiger partial charge in [-0.25, -0.2) is 0 Å². The van der Waals surface area contributed by atoms with Crippen molar-refractivity contribution in [3.05, 3.63) is 29.3 Å². The minimum absolute atomic E-state index is 0.0311. The Morgan fingerprint density at radius 1 is 1.33 bits per heavy atom. The molecule has 0 saturated heterocycles. The van der Waals surface area contributed by atoms with Gasteiger partial charge in [0.2, 0.25) is 5.91 Å². The monoisotopic (exact) mass is 319 g/mol. The lowest BCUT2D eigenvalue weighted by atomic mass is 10.1. The normalized spacial score (nSPS) is 15.6. The number of hydrogen-bond acceptors (Lipinski definition) is 3. The summed E-state index contributed by atoms with van der Waals surface area (Å²) in [5.41, 5.74) is 2.62. The van der Waals surface area contributed by atoms with Crippen LogP contribution in [0.5, 0.6) is 0 Å². The van der Waals surface area contributed by atoms with Crippen molar-refractivity contribution in [1.82, 2.24) is 5.32 Å². The summed E-state index contributed by atoms with van der Waals surface area (Å²) in [5, 5.41) is 10.9. The maximum atomic E-state index is 12.1. The molecule has 0 spiro atoms. The first-order valence-corrected chi connectivity index (χ1v) is 7.61. The van der Waals surface area contributed by atoms with Crippen LogP contribution in [-0.2, 0) is 17.6 Å². The topological polar surface area (TPSA) is 49.3 Å². The quantitative estimate of drug-likeness (QED) is 0.819. The fourth-order valence-electron chi connectivity index (χ4n) is 2.16. The number of hydrogen-bond donors (Lipinski definition) is 2. The average molecular weight is 319 g/mol. The van der Waals surface area contributed by atoms with Crippen LogP contribution in [0.1, 0.15) is 17.5 Å². The highest BCUT2D eigenvalue weighted by molar-refractivity contribution is 8.00. The summed E-state index contributed by atoms with van der Waals surface area (Å²) in [6, 6.07) is 5.99. The number of aliphatic hydroxyl groups is 1. The van der Waals surface area contributed by atoms with Crippen LogP contribution in [0.3, 0.4) is 0 Å². The predicted octanol–water partition coefficient (Wildman–Crippen LogP) is 2.31. The molecule has 1 amide bonds. The fourth-order valence-corrected chi connectivity index (χ4v) is 2.95. The van der Waals surface area contributed by atoms with Crippen LogP contribution in [0.4, 0.5) is 13.2 Å². The molecular formula is C14H16F3NO2S. The third-order valence-electron chi connectivity index (χ3n) is 3.31. The second kappa shape index (κ2) is 6.70. The Hall–Kier alpha value is -1.21. The summed E-state index contributed by atoms with van der Waals surface area (Å²) >= 11 is 1.28. The predicted molar refractivity (Wildman–Crippen MR) is 74.3 cm³/mol. The van der Waals surface area contributed by atoms with E-state index >= 15 is 0 Å². The highest BCUT2D eigenvalue weighted by Crippen LogP contribution is 2.27. The van der Waals surface area contributed by atoms with E-state index in [0.29, 0.717) is 0 Å². The van der Waals surface area contributed by atoms with E-state index < -0.39 is 24.7 Å². The maximum absolute atomic E-state index is 12.1. The molecule has 0 aliphatic heterocycles. The van der Waals surface area contributed by atoms with Crippen molar-refractivity contribution in [3.63, 3.8) is 0 Å². The van der Waals surface area contributed by atoms with Crippen LogP contribution in [0.25, 0.3) is 0 Å². The molecule has 3 nitrogen and oxygen atoms in total. The number of alkyl halides is 3. The van der Waals surface area contributed by atoms with Gasteiger partial charge in [0.05, 0.1) is 12.3 Å². The zero-order valence-corrected chi connectivity index (χ0v) is 12.1. The van der Waals surface area contributed by atoms with Gasteiger partial charge in [0.1, 0.15) is 0 Å². The van der Waals surface area contributed by atoms with E-state index in [-0.39, 0.29) is 5.75 Å². The second-order valence-electron chi connectivity index (χ2n) is 4.93. The summed E-state index contributed by atoms with van der Waals surface area (Å²) < 4.78 is 36.2. The Morgan fingerprint density at radius 2 is 2.05 bits per heavy atom. The molecule has 1 aromatic carbocycles. The molecule has 0 heterocycles. The fraction of sp³-hybridized carbons (Fsp3) is 0.500. The third kappa shape index (κ3) is 4.64. The van der Waals surface area contributed by atoms with E-state index in [9.17, 15) is 18.0 Å². The second-order valence-corrected chi connectivity index (χ2v) is 5.98. The van der Waals surface area contributed by atoms with Gasteiger partial charge in [-0.3, -0.25) is 4.79 Å². The average Bonchev–Trinajstić information content (AvgIpc) is 2.88. The van der Waals surface area contributed by atoms with Crippen molar-refractivity contribution < 1.29 is 23.1 Å². The highest BCUT2D eigenvalue weighted by Gasteiger charge is 2.38. The number of thioether (sulfide) groups is 1. The van der Waals surface area contributed by atoms with Gasteiger partial charge in [-0.05, 0) is 42.5 Å². The maximum Gasteiger partial charge on any atom is 0.416 e. The highest BCUT2D eigenvalue weighted by atomic mass is 32.2. The molecule has 1 aliphatic rings. The Balaban J connectivity index is 1.77. The largest absolute Gasteiger partial charge is 0.416 e. The van der Waals surface area contributed by atoms with Crippen LogP contribution >= 0.6 is 11.8 Å². The van der Waals surface area contributed by atoms with Gasteiger partial charge < -0.3 is 10.4 Å². The molecule has 7 heteroatoms. The van der Waals surface area contributed by atoms with Crippen LogP contribution < -0.4 is 5.32 Å². The molecule has 1 unspecified atom stereocenters. The summed E-state index contributed by atoms with van der Waals surface area (Å²) in [6.45, 7) is -0.812. The number of nitrogens with one attached hydrogen (secondary N) is 1. The summed E-state index contributed by atoms with van der Waals surface area (Å²) in [7, 11) is 0. The van der Waals surface area contributed by atoms with Crippen LogP contribution in [0, 0.1) is 0 Å². The number of rotatable bonds is 5. The minimum atomic E-state index is -4.71. The third-order valence-corrected chi connectivity index (χ3v) is 4.30. The molecule has 0 bridgehead atoms. The number of benzene rings is 1. The zero-order chi connectivity index (χ0) is 15.5. The molecule has 2 rings (SSSR count). The van der Waals surface area contributed by atoms with Crippen molar-refractivity contribution in [2.24, 2.45) is 0 Å². The van der Waals surface area contributed by atoms with E-state index in [4.69, 9.17) is 5.11 Å². The van der Waals surface area contributed by atoms with E-state index in [1.165, 1.54) is 22.9 Å². The number of carbonyl (C=O) groups is 1. The first-order chi connectivity index (χ1) is 9.86. The lowest BCUT2D eigenvalue weighted by Crippen LogP contribution is -2.41. The van der Waals surface area contributed by atoms with Gasteiger partial charge in [-0.15, -0.1) is 11.8 Å². The van der Waals surface area contributed by atoms with Crippen LogP contribution in [0.15, 0.2) is 23.1 Å². The van der Waals surface area contributed by atoms with Gasteiger partial charge in [0, 0.05) is 4.90 Å². The van der Waals surface area contributed by atoms with Gasteiger partial charge in [0.15, 0.2) is 6.10 Å². The Morgan fingerprint density at radius 3 is 2.76 bits per heavy atom. The molecule has 0 radical (unpaired) electrons. The Bertz CT molecular complexity index is 519. The molecule has 21 heavy (non-hydrogen) atoms. The molecule has 1 atom stereocenters. The standard InChI is InChI=1S/C14H16F3NO2S/c15-14(16,17)12(19)7-18-13(20)8-21-11-5-4-9-2-1-3-10(9)6-11/h4-6,12,19H,1-3,7-8H2,(H,18,20). The number of fused-ring (bicyclic) bond motifs is 1. The van der Waals surface area contributed by atoms with Crippen LogP contribution in [-0.4, -0.2) is 35.6 Å². The number of carbonyl (C=O) groups excluding carboxylic acids is 1. The minimum Gasteiger partial charge on any atom is -0.382 e. The van der Waals surface area contributed by atoms with Crippen LogP contribution in [0.2, 0.25) is 0 Å². The summed E-state index contributed by atoms with van der Waals surface area (Å²) in [6.07, 6.45) is -3.98. The van der Waals surface area contributed by atoms with Crippen molar-refractivity contribution in [2.45, 2.75) is 36.4 Å². The van der Waals surface area contributed by atoms with E-state index in [1.807, 2.05) is 18.2 Å². The first kappa shape index (κ1) is 16.2. The van der Waals surface area contributed by atoms with Crippen molar-refractivity contribution in [1.29, 1.82) is 0 Å². The molecule has 1 aliphatic carbocycles. The van der Waals surface area contributed by atoms with E-state index in [1.54, 1.807) is 0 Å². The summed E-state index contributed by atoms with van der Waals surface area (Å²) in [4.78, 5) is 12.4. The van der Waals surface area contributed by atoms with Crippen molar-refractivity contribution >= 4 is 17.7 Å². The first-order valence-electron chi connectivity index (χ1n) is 6.62. The molecule has 2 N–H and O–H groups in total. The molecule has 1 aromatic rings. The van der Waals surface area contributed by atoms with Crippen molar-refractivity contribution in [3.8, 4) is 0 Å². The SMILES string of the molecule is O=C(CSc1ccc2c(c1)CCC2)NCC(O)C(F)(F)F.